The predicted molar refractivity (Wildman–Crippen MR) is 67.1 cm³/mol. The molecule has 2 rings (SSSR count). The Morgan fingerprint density at radius 3 is 2.31 bits per heavy atom. The number of hydrogen-bond acceptors (Lipinski definition) is 1. The van der Waals surface area contributed by atoms with Crippen LogP contribution in [0.25, 0.3) is 11.3 Å². The smallest absolute Gasteiger partial charge is 0.252 e. The second-order valence-corrected chi connectivity index (χ2v) is 4.07. The summed E-state index contributed by atoms with van der Waals surface area (Å²) in [6.07, 6.45) is 0. The molecule has 1 heterocycles. The van der Waals surface area contributed by atoms with E-state index in [-0.39, 0.29) is 11.4 Å². The molecule has 0 spiro atoms. The van der Waals surface area contributed by atoms with Crippen molar-refractivity contribution in [1.82, 2.24) is 4.98 Å². The van der Waals surface area contributed by atoms with Crippen LogP contribution in [-0.2, 0) is 5.88 Å². The fourth-order valence-electron chi connectivity index (χ4n) is 1.41. The van der Waals surface area contributed by atoms with Crippen LogP contribution in [0.1, 0.15) is 5.56 Å². The normalized spacial score (nSPS) is 10.4. The zero-order chi connectivity index (χ0) is 11.5. The molecular formula is C12H9Cl2NO. The molecular weight excluding hydrogens is 245 g/mol. The molecule has 0 amide bonds. The maximum Gasteiger partial charge on any atom is 0.252 e. The van der Waals surface area contributed by atoms with Crippen molar-refractivity contribution in [3.05, 3.63) is 57.3 Å². The molecule has 0 aliphatic rings. The molecule has 0 unspecified atom stereocenters. The second kappa shape index (κ2) is 4.73. The van der Waals surface area contributed by atoms with Gasteiger partial charge in [0.2, 0.25) is 0 Å². The van der Waals surface area contributed by atoms with Gasteiger partial charge in [-0.2, -0.15) is 0 Å². The SMILES string of the molecule is O=c1[nH]c(-c2ccc(Cl)cc2)ccc1CCl. The maximum absolute atomic E-state index is 11.5. The number of aromatic amines is 1. The molecule has 0 saturated carbocycles. The largest absolute Gasteiger partial charge is 0.322 e. The molecule has 1 N–H and O–H groups in total. The van der Waals surface area contributed by atoms with Crippen LogP contribution in [0.15, 0.2) is 41.2 Å². The lowest BCUT2D eigenvalue weighted by Gasteiger charge is -2.02. The molecule has 0 fully saturated rings. The van der Waals surface area contributed by atoms with E-state index in [0.29, 0.717) is 10.6 Å². The van der Waals surface area contributed by atoms with Crippen LogP contribution in [0.4, 0.5) is 0 Å². The van der Waals surface area contributed by atoms with Gasteiger partial charge in [-0.25, -0.2) is 0 Å². The Labute approximate surface area is 103 Å². The Morgan fingerprint density at radius 1 is 1.06 bits per heavy atom. The lowest BCUT2D eigenvalue weighted by molar-refractivity contribution is 1.17. The highest BCUT2D eigenvalue weighted by Gasteiger charge is 2.02. The van der Waals surface area contributed by atoms with Crippen molar-refractivity contribution in [3.8, 4) is 11.3 Å². The molecule has 0 atom stereocenters. The molecule has 0 saturated heterocycles. The van der Waals surface area contributed by atoms with E-state index < -0.39 is 0 Å². The molecule has 1 aromatic carbocycles. The summed E-state index contributed by atoms with van der Waals surface area (Å²) < 4.78 is 0. The van der Waals surface area contributed by atoms with Gasteiger partial charge in [0.15, 0.2) is 0 Å². The zero-order valence-electron chi connectivity index (χ0n) is 8.34. The molecule has 0 radical (unpaired) electrons. The predicted octanol–water partition coefficient (Wildman–Crippen LogP) is 3.43. The van der Waals surface area contributed by atoms with Gasteiger partial charge in [0, 0.05) is 16.3 Å². The van der Waals surface area contributed by atoms with E-state index in [1.54, 1.807) is 18.2 Å². The van der Waals surface area contributed by atoms with E-state index in [9.17, 15) is 4.79 Å². The van der Waals surface area contributed by atoms with Gasteiger partial charge in [0.05, 0.1) is 5.88 Å². The van der Waals surface area contributed by atoms with E-state index in [0.717, 1.165) is 11.3 Å². The number of benzene rings is 1. The van der Waals surface area contributed by atoms with Crippen LogP contribution < -0.4 is 5.56 Å². The fraction of sp³-hybridized carbons (Fsp3) is 0.0833. The second-order valence-electron chi connectivity index (χ2n) is 3.37. The third kappa shape index (κ3) is 2.29. The van der Waals surface area contributed by atoms with E-state index in [1.165, 1.54) is 0 Å². The number of halogens is 2. The van der Waals surface area contributed by atoms with Crippen molar-refractivity contribution in [2.75, 3.05) is 0 Å². The Balaban J connectivity index is 2.45. The minimum absolute atomic E-state index is 0.151. The standard InChI is InChI=1S/C12H9Cl2NO/c13-7-9-3-6-11(15-12(9)16)8-1-4-10(14)5-2-8/h1-6H,7H2,(H,15,16). The van der Waals surface area contributed by atoms with Gasteiger partial charge in [-0.1, -0.05) is 29.8 Å². The molecule has 0 aliphatic heterocycles. The maximum atomic E-state index is 11.5. The fourth-order valence-corrected chi connectivity index (χ4v) is 1.74. The third-order valence-corrected chi connectivity index (χ3v) is 2.83. The average molecular weight is 254 g/mol. The monoisotopic (exact) mass is 253 g/mol. The van der Waals surface area contributed by atoms with Gasteiger partial charge in [-0.15, -0.1) is 11.6 Å². The summed E-state index contributed by atoms with van der Waals surface area (Å²) in [5, 5.41) is 0.670. The Kier molecular flexibility index (Phi) is 3.32. The molecule has 2 aromatic rings. The van der Waals surface area contributed by atoms with Crippen molar-refractivity contribution in [3.63, 3.8) is 0 Å². The van der Waals surface area contributed by atoms with Crippen molar-refractivity contribution >= 4 is 23.2 Å². The first kappa shape index (κ1) is 11.2. The van der Waals surface area contributed by atoms with Crippen LogP contribution in [-0.4, -0.2) is 4.98 Å². The summed E-state index contributed by atoms with van der Waals surface area (Å²) in [5.74, 6) is 0.218. The van der Waals surface area contributed by atoms with Gasteiger partial charge in [0.1, 0.15) is 0 Å². The quantitative estimate of drug-likeness (QED) is 0.818. The summed E-state index contributed by atoms with van der Waals surface area (Å²) in [4.78, 5) is 14.3. The number of pyridine rings is 1. The Hall–Kier alpha value is -1.25. The average Bonchev–Trinajstić information content (AvgIpc) is 2.30. The summed E-state index contributed by atoms with van der Waals surface area (Å²) in [6, 6.07) is 10.8. The topological polar surface area (TPSA) is 32.9 Å². The highest BCUT2D eigenvalue weighted by Crippen LogP contribution is 2.18. The lowest BCUT2D eigenvalue weighted by atomic mass is 10.1. The lowest BCUT2D eigenvalue weighted by Crippen LogP contribution is -2.11. The van der Waals surface area contributed by atoms with Gasteiger partial charge in [-0.05, 0) is 23.8 Å². The number of nitrogens with one attached hydrogen (secondary N) is 1. The zero-order valence-corrected chi connectivity index (χ0v) is 9.85. The van der Waals surface area contributed by atoms with Crippen LogP contribution in [0.5, 0.6) is 0 Å². The van der Waals surface area contributed by atoms with E-state index in [4.69, 9.17) is 23.2 Å². The van der Waals surface area contributed by atoms with Crippen molar-refractivity contribution < 1.29 is 0 Å². The molecule has 2 nitrogen and oxygen atoms in total. The van der Waals surface area contributed by atoms with Crippen molar-refractivity contribution in [2.45, 2.75) is 5.88 Å². The molecule has 82 valence electrons. The molecule has 1 aromatic heterocycles. The molecule has 16 heavy (non-hydrogen) atoms. The number of H-pyrrole nitrogens is 1. The number of aromatic nitrogens is 1. The first-order chi connectivity index (χ1) is 7.70. The third-order valence-electron chi connectivity index (χ3n) is 2.29. The summed E-state index contributed by atoms with van der Waals surface area (Å²) in [6.45, 7) is 0. The first-order valence-electron chi connectivity index (χ1n) is 4.75. The molecule has 0 aliphatic carbocycles. The van der Waals surface area contributed by atoms with Gasteiger partial charge >= 0.3 is 0 Å². The first-order valence-corrected chi connectivity index (χ1v) is 5.66. The highest BCUT2D eigenvalue weighted by atomic mass is 35.5. The van der Waals surface area contributed by atoms with Gasteiger partial charge in [-0.3, -0.25) is 4.79 Å². The minimum atomic E-state index is -0.151. The molecule has 0 bridgehead atoms. The highest BCUT2D eigenvalue weighted by molar-refractivity contribution is 6.30. The van der Waals surface area contributed by atoms with Crippen molar-refractivity contribution in [1.29, 1.82) is 0 Å². The van der Waals surface area contributed by atoms with Crippen LogP contribution >= 0.6 is 23.2 Å². The van der Waals surface area contributed by atoms with Crippen LogP contribution in [0.3, 0.4) is 0 Å². The summed E-state index contributed by atoms with van der Waals surface area (Å²) >= 11 is 11.4. The number of alkyl halides is 1. The minimum Gasteiger partial charge on any atom is -0.322 e. The molecule has 4 heteroatoms. The summed E-state index contributed by atoms with van der Waals surface area (Å²) in [5.41, 5.74) is 2.10. The Bertz CT molecular complexity index is 546. The van der Waals surface area contributed by atoms with E-state index >= 15 is 0 Å². The van der Waals surface area contributed by atoms with E-state index in [1.807, 2.05) is 18.2 Å². The summed E-state index contributed by atoms with van der Waals surface area (Å²) in [7, 11) is 0. The van der Waals surface area contributed by atoms with Crippen LogP contribution in [0.2, 0.25) is 5.02 Å². The van der Waals surface area contributed by atoms with Gasteiger partial charge in [0.25, 0.3) is 5.56 Å². The number of rotatable bonds is 2. The van der Waals surface area contributed by atoms with Gasteiger partial charge < -0.3 is 4.98 Å². The van der Waals surface area contributed by atoms with E-state index in [2.05, 4.69) is 4.98 Å². The van der Waals surface area contributed by atoms with Crippen molar-refractivity contribution in [2.24, 2.45) is 0 Å². The Morgan fingerprint density at radius 2 is 1.75 bits per heavy atom. The van der Waals surface area contributed by atoms with Crippen LogP contribution in [0, 0.1) is 0 Å². The number of hydrogen-bond donors (Lipinski definition) is 1.